The summed E-state index contributed by atoms with van der Waals surface area (Å²) in [6.45, 7) is 2.06. The van der Waals surface area contributed by atoms with Crippen molar-refractivity contribution in [1.29, 1.82) is 0 Å². The molecule has 0 bridgehead atoms. The number of thiazole rings is 1. The van der Waals surface area contributed by atoms with E-state index in [1.165, 1.54) is 12.3 Å². The molecule has 0 aliphatic rings. The van der Waals surface area contributed by atoms with Gasteiger partial charge in [-0.25, -0.2) is 4.98 Å². The predicted molar refractivity (Wildman–Crippen MR) is 41.7 cm³/mol. The minimum Gasteiger partial charge on any atom is -0.292 e. The van der Waals surface area contributed by atoms with E-state index in [9.17, 15) is 13.6 Å². The van der Waals surface area contributed by atoms with Crippen LogP contribution in [0.15, 0.2) is 5.38 Å². The summed E-state index contributed by atoms with van der Waals surface area (Å²) in [5.41, 5.74) is -0.335. The van der Waals surface area contributed by atoms with Crippen LogP contribution >= 0.6 is 11.3 Å². The molecule has 5 heteroatoms. The van der Waals surface area contributed by atoms with Crippen LogP contribution in [-0.4, -0.2) is 10.8 Å². The van der Waals surface area contributed by atoms with Gasteiger partial charge in [0.1, 0.15) is 5.69 Å². The molecule has 12 heavy (non-hydrogen) atoms. The molecule has 0 aliphatic heterocycles. The molecule has 0 fully saturated rings. The van der Waals surface area contributed by atoms with Crippen LogP contribution in [0.2, 0.25) is 0 Å². The van der Waals surface area contributed by atoms with Crippen LogP contribution in [0.1, 0.15) is 29.3 Å². The Morgan fingerprint density at radius 3 is 2.50 bits per heavy atom. The van der Waals surface area contributed by atoms with E-state index in [2.05, 4.69) is 4.98 Å². The summed E-state index contributed by atoms with van der Waals surface area (Å²) in [5.74, 6) is -3.24. The molecule has 0 spiro atoms. The van der Waals surface area contributed by atoms with Gasteiger partial charge in [0.2, 0.25) is 0 Å². The molecule has 0 aliphatic carbocycles. The highest BCUT2D eigenvalue weighted by atomic mass is 32.1. The molecule has 0 saturated heterocycles. The lowest BCUT2D eigenvalue weighted by Crippen LogP contribution is -2.07. The largest absolute Gasteiger partial charge is 0.292 e. The van der Waals surface area contributed by atoms with Gasteiger partial charge in [0.25, 0.3) is 5.92 Å². The number of carbonyl (C=O) groups is 1. The summed E-state index contributed by atoms with van der Waals surface area (Å²) in [5, 5.41) is 1.34. The minimum absolute atomic E-state index is 0.131. The van der Waals surface area contributed by atoms with E-state index in [1.54, 1.807) is 0 Å². The number of nitrogens with zero attached hydrogens (tertiary/aromatic N) is 1. The van der Waals surface area contributed by atoms with E-state index in [1.807, 2.05) is 0 Å². The first kappa shape index (κ1) is 9.25. The van der Waals surface area contributed by atoms with E-state index >= 15 is 0 Å². The van der Waals surface area contributed by atoms with Gasteiger partial charge in [0.15, 0.2) is 10.8 Å². The number of ketones is 1. The van der Waals surface area contributed by atoms with Gasteiger partial charge in [0.05, 0.1) is 0 Å². The normalized spacial score (nSPS) is 11.7. The standard InChI is InChI=1S/C7H7F2NOS/c1-4(11)6-10-5(3-12-6)7(2,8)9/h3H,1-2H3. The van der Waals surface area contributed by atoms with Gasteiger partial charge < -0.3 is 0 Å². The quantitative estimate of drug-likeness (QED) is 0.672. The predicted octanol–water partition coefficient (Wildman–Crippen LogP) is 2.46. The first-order valence-electron chi connectivity index (χ1n) is 3.26. The van der Waals surface area contributed by atoms with Crippen molar-refractivity contribution in [2.24, 2.45) is 0 Å². The third kappa shape index (κ3) is 1.85. The molecule has 1 aromatic rings. The molecular formula is C7H7F2NOS. The van der Waals surface area contributed by atoms with Crippen molar-refractivity contribution in [2.75, 3.05) is 0 Å². The molecule has 0 radical (unpaired) electrons. The number of carbonyl (C=O) groups excluding carboxylic acids is 1. The molecule has 1 heterocycles. The van der Waals surface area contributed by atoms with E-state index in [4.69, 9.17) is 0 Å². The zero-order valence-corrected chi connectivity index (χ0v) is 7.41. The Balaban J connectivity index is 3.00. The maximum absolute atomic E-state index is 12.6. The van der Waals surface area contributed by atoms with Gasteiger partial charge >= 0.3 is 0 Å². The zero-order valence-electron chi connectivity index (χ0n) is 6.60. The molecule has 1 rings (SSSR count). The van der Waals surface area contributed by atoms with Crippen LogP contribution in [0.4, 0.5) is 8.78 Å². The highest BCUT2D eigenvalue weighted by Crippen LogP contribution is 2.27. The van der Waals surface area contributed by atoms with E-state index in [0.29, 0.717) is 0 Å². The third-order valence-corrected chi connectivity index (χ3v) is 2.20. The molecule has 0 unspecified atom stereocenters. The third-order valence-electron chi connectivity index (χ3n) is 1.26. The molecule has 2 nitrogen and oxygen atoms in total. The second-order valence-corrected chi connectivity index (χ2v) is 3.34. The molecule has 0 aromatic carbocycles. The van der Waals surface area contributed by atoms with Crippen molar-refractivity contribution < 1.29 is 13.6 Å². The van der Waals surface area contributed by atoms with Crippen molar-refractivity contribution in [3.05, 3.63) is 16.1 Å². The lowest BCUT2D eigenvalue weighted by molar-refractivity contribution is 0.0133. The van der Waals surface area contributed by atoms with Crippen LogP contribution in [-0.2, 0) is 5.92 Å². The Labute approximate surface area is 72.2 Å². The average Bonchev–Trinajstić information content (AvgIpc) is 2.30. The lowest BCUT2D eigenvalue weighted by atomic mass is 10.3. The maximum atomic E-state index is 12.6. The van der Waals surface area contributed by atoms with Crippen molar-refractivity contribution in [1.82, 2.24) is 4.98 Å². The van der Waals surface area contributed by atoms with Crippen molar-refractivity contribution in [3.8, 4) is 0 Å². The van der Waals surface area contributed by atoms with E-state index in [0.717, 1.165) is 18.3 Å². The summed E-state index contributed by atoms with van der Waals surface area (Å²) in [6.07, 6.45) is 0. The van der Waals surface area contributed by atoms with E-state index < -0.39 is 5.92 Å². The van der Waals surface area contributed by atoms with Crippen LogP contribution in [0.25, 0.3) is 0 Å². The van der Waals surface area contributed by atoms with Crippen LogP contribution in [0, 0.1) is 0 Å². The summed E-state index contributed by atoms with van der Waals surface area (Å²) < 4.78 is 25.1. The van der Waals surface area contributed by atoms with Crippen LogP contribution < -0.4 is 0 Å². The Hall–Kier alpha value is -0.840. The number of hydrogen-bond donors (Lipinski definition) is 0. The number of hydrogen-bond acceptors (Lipinski definition) is 3. The summed E-state index contributed by atoms with van der Waals surface area (Å²) >= 11 is 0.944. The molecule has 1 aromatic heterocycles. The van der Waals surface area contributed by atoms with Crippen molar-refractivity contribution >= 4 is 17.1 Å². The highest BCUT2D eigenvalue weighted by Gasteiger charge is 2.27. The maximum Gasteiger partial charge on any atom is 0.287 e. The Morgan fingerprint density at radius 2 is 2.25 bits per heavy atom. The molecule has 0 N–H and O–H groups in total. The van der Waals surface area contributed by atoms with Crippen LogP contribution in [0.3, 0.4) is 0 Å². The van der Waals surface area contributed by atoms with Gasteiger partial charge in [-0.3, -0.25) is 4.79 Å². The SMILES string of the molecule is CC(=O)c1nc(C(C)(F)F)cs1. The lowest BCUT2D eigenvalue weighted by Gasteiger charge is -2.04. The van der Waals surface area contributed by atoms with Gasteiger partial charge in [-0.2, -0.15) is 8.78 Å². The van der Waals surface area contributed by atoms with E-state index in [-0.39, 0.29) is 16.5 Å². The number of rotatable bonds is 2. The second kappa shape index (κ2) is 2.90. The molecule has 0 atom stereocenters. The Bertz CT molecular complexity index is 303. The first-order chi connectivity index (χ1) is 5.41. The monoisotopic (exact) mass is 191 g/mol. The van der Waals surface area contributed by atoms with Gasteiger partial charge in [-0.05, 0) is 0 Å². The summed E-state index contributed by atoms with van der Waals surface area (Å²) in [7, 11) is 0. The smallest absolute Gasteiger partial charge is 0.287 e. The molecule has 0 amide bonds. The average molecular weight is 191 g/mol. The van der Waals surface area contributed by atoms with Gasteiger partial charge in [-0.15, -0.1) is 11.3 Å². The fourth-order valence-corrected chi connectivity index (χ4v) is 1.44. The highest BCUT2D eigenvalue weighted by molar-refractivity contribution is 7.11. The number of Topliss-reactive ketones (excluding diaryl/α,β-unsaturated/α-hetero) is 1. The fraction of sp³-hybridized carbons (Fsp3) is 0.429. The first-order valence-corrected chi connectivity index (χ1v) is 4.14. The topological polar surface area (TPSA) is 30.0 Å². The van der Waals surface area contributed by atoms with Gasteiger partial charge in [-0.1, -0.05) is 0 Å². The van der Waals surface area contributed by atoms with Crippen molar-refractivity contribution in [2.45, 2.75) is 19.8 Å². The summed E-state index contributed by atoms with van der Waals surface area (Å²) in [4.78, 5) is 14.2. The van der Waals surface area contributed by atoms with Crippen molar-refractivity contribution in [3.63, 3.8) is 0 Å². The second-order valence-electron chi connectivity index (χ2n) is 2.48. The molecular weight excluding hydrogens is 184 g/mol. The number of aromatic nitrogens is 1. The minimum atomic E-state index is -2.95. The fourth-order valence-electron chi connectivity index (χ4n) is 0.637. The number of alkyl halides is 2. The van der Waals surface area contributed by atoms with Crippen LogP contribution in [0.5, 0.6) is 0 Å². The zero-order chi connectivity index (χ0) is 9.35. The van der Waals surface area contributed by atoms with Gasteiger partial charge in [0, 0.05) is 19.2 Å². The Kier molecular flexibility index (Phi) is 2.23. The molecule has 0 saturated carbocycles. The number of halogens is 2. The Morgan fingerprint density at radius 1 is 1.67 bits per heavy atom. The molecule has 66 valence electrons. The summed E-state index contributed by atoms with van der Waals surface area (Å²) in [6, 6.07) is 0.